The standard InChI is InChI=1S/C16H11Cl2N3O2/c17-11-7-5-10(6-8-11)16(22)19-9-14-20-15(21-23-14)12-3-1-2-4-13(12)18/h1-8H,9H2,(H,19,22). The van der Waals surface area contributed by atoms with Gasteiger partial charge < -0.3 is 9.84 Å². The minimum Gasteiger partial charge on any atom is -0.343 e. The average Bonchev–Trinajstić information content (AvgIpc) is 3.02. The van der Waals surface area contributed by atoms with E-state index in [-0.39, 0.29) is 12.5 Å². The summed E-state index contributed by atoms with van der Waals surface area (Å²) < 4.78 is 5.12. The van der Waals surface area contributed by atoms with Gasteiger partial charge in [0.2, 0.25) is 11.7 Å². The smallest absolute Gasteiger partial charge is 0.251 e. The van der Waals surface area contributed by atoms with Crippen molar-refractivity contribution >= 4 is 29.1 Å². The number of benzene rings is 2. The zero-order chi connectivity index (χ0) is 16.2. The summed E-state index contributed by atoms with van der Waals surface area (Å²) >= 11 is 11.9. The van der Waals surface area contributed by atoms with Gasteiger partial charge in [-0.25, -0.2) is 0 Å². The van der Waals surface area contributed by atoms with E-state index >= 15 is 0 Å². The fourth-order valence-corrected chi connectivity index (χ4v) is 2.28. The molecule has 3 rings (SSSR count). The molecule has 0 atom stereocenters. The quantitative estimate of drug-likeness (QED) is 0.775. The Hall–Kier alpha value is -2.37. The molecule has 0 spiro atoms. The van der Waals surface area contributed by atoms with Crippen molar-refractivity contribution in [3.8, 4) is 11.4 Å². The Morgan fingerprint density at radius 2 is 1.83 bits per heavy atom. The van der Waals surface area contributed by atoms with Crippen LogP contribution in [-0.4, -0.2) is 16.0 Å². The van der Waals surface area contributed by atoms with E-state index in [0.717, 1.165) is 0 Å². The summed E-state index contributed by atoms with van der Waals surface area (Å²) in [5.41, 5.74) is 1.17. The van der Waals surface area contributed by atoms with Crippen molar-refractivity contribution in [3.63, 3.8) is 0 Å². The van der Waals surface area contributed by atoms with E-state index in [4.69, 9.17) is 27.7 Å². The Bertz CT molecular complexity index is 831. The molecule has 0 aliphatic carbocycles. The van der Waals surface area contributed by atoms with Crippen LogP contribution in [0.15, 0.2) is 53.1 Å². The van der Waals surface area contributed by atoms with Crippen LogP contribution in [0.25, 0.3) is 11.4 Å². The summed E-state index contributed by atoms with van der Waals surface area (Å²) in [6.45, 7) is 0.124. The third kappa shape index (κ3) is 3.70. The highest BCUT2D eigenvalue weighted by atomic mass is 35.5. The number of rotatable bonds is 4. The van der Waals surface area contributed by atoms with E-state index in [1.807, 2.05) is 12.1 Å². The highest BCUT2D eigenvalue weighted by Crippen LogP contribution is 2.24. The third-order valence-corrected chi connectivity index (χ3v) is 3.67. The number of nitrogens with zero attached hydrogens (tertiary/aromatic N) is 2. The molecule has 0 saturated carbocycles. The Morgan fingerprint density at radius 1 is 1.09 bits per heavy atom. The second-order valence-corrected chi connectivity index (χ2v) is 5.52. The van der Waals surface area contributed by atoms with Crippen molar-refractivity contribution in [2.45, 2.75) is 6.54 Å². The lowest BCUT2D eigenvalue weighted by molar-refractivity contribution is 0.0946. The van der Waals surface area contributed by atoms with Crippen LogP contribution in [0.1, 0.15) is 16.2 Å². The Morgan fingerprint density at radius 3 is 2.57 bits per heavy atom. The Kier molecular flexibility index (Phi) is 4.60. The fourth-order valence-electron chi connectivity index (χ4n) is 1.94. The number of nitrogens with one attached hydrogen (secondary N) is 1. The van der Waals surface area contributed by atoms with Crippen LogP contribution in [0, 0.1) is 0 Å². The van der Waals surface area contributed by atoms with Crippen LogP contribution < -0.4 is 5.32 Å². The second-order valence-electron chi connectivity index (χ2n) is 4.68. The van der Waals surface area contributed by atoms with Crippen molar-refractivity contribution in [1.82, 2.24) is 15.5 Å². The first kappa shape index (κ1) is 15.5. The van der Waals surface area contributed by atoms with Gasteiger partial charge in [-0.2, -0.15) is 4.98 Å². The molecule has 1 heterocycles. The van der Waals surface area contributed by atoms with E-state index in [1.54, 1.807) is 36.4 Å². The third-order valence-electron chi connectivity index (χ3n) is 3.09. The average molecular weight is 348 g/mol. The molecule has 0 saturated heterocycles. The highest BCUT2D eigenvalue weighted by Gasteiger charge is 2.12. The van der Waals surface area contributed by atoms with Gasteiger partial charge in [-0.05, 0) is 36.4 Å². The van der Waals surface area contributed by atoms with Gasteiger partial charge in [-0.3, -0.25) is 4.79 Å². The number of halogens is 2. The van der Waals surface area contributed by atoms with E-state index in [2.05, 4.69) is 15.5 Å². The number of carbonyl (C=O) groups is 1. The molecule has 5 nitrogen and oxygen atoms in total. The van der Waals surface area contributed by atoms with Crippen LogP contribution in [-0.2, 0) is 6.54 Å². The van der Waals surface area contributed by atoms with E-state index in [1.165, 1.54) is 0 Å². The normalized spacial score (nSPS) is 10.5. The van der Waals surface area contributed by atoms with Gasteiger partial charge in [-0.15, -0.1) is 0 Å². The molecule has 7 heteroatoms. The molecule has 0 bridgehead atoms. The van der Waals surface area contributed by atoms with Gasteiger partial charge in [0.1, 0.15) is 0 Å². The number of aromatic nitrogens is 2. The lowest BCUT2D eigenvalue weighted by Gasteiger charge is -2.02. The van der Waals surface area contributed by atoms with Crippen molar-refractivity contribution in [1.29, 1.82) is 0 Å². The predicted octanol–water partition coefficient (Wildman–Crippen LogP) is 3.97. The van der Waals surface area contributed by atoms with Crippen molar-refractivity contribution in [3.05, 3.63) is 70.0 Å². The maximum absolute atomic E-state index is 12.0. The first-order valence-corrected chi connectivity index (χ1v) is 7.50. The number of hydrogen-bond donors (Lipinski definition) is 1. The van der Waals surface area contributed by atoms with Crippen molar-refractivity contribution in [2.24, 2.45) is 0 Å². The SMILES string of the molecule is O=C(NCc1nc(-c2ccccc2Cl)no1)c1ccc(Cl)cc1. The molecule has 0 radical (unpaired) electrons. The number of carbonyl (C=O) groups excluding carboxylic acids is 1. The van der Waals surface area contributed by atoms with Gasteiger partial charge in [-0.1, -0.05) is 40.5 Å². The lowest BCUT2D eigenvalue weighted by atomic mass is 10.2. The summed E-state index contributed by atoms with van der Waals surface area (Å²) in [5.74, 6) is 0.424. The van der Waals surface area contributed by atoms with E-state index in [9.17, 15) is 4.79 Å². The summed E-state index contributed by atoms with van der Waals surface area (Å²) in [5, 5.41) is 7.68. The maximum Gasteiger partial charge on any atom is 0.251 e. The van der Waals surface area contributed by atoms with Crippen LogP contribution in [0.4, 0.5) is 0 Å². The summed E-state index contributed by atoms with van der Waals surface area (Å²) in [6, 6.07) is 13.8. The Labute approximate surface area is 142 Å². The summed E-state index contributed by atoms with van der Waals surface area (Å²) in [7, 11) is 0. The largest absolute Gasteiger partial charge is 0.343 e. The molecule has 1 amide bonds. The fraction of sp³-hybridized carbons (Fsp3) is 0.0625. The summed E-state index contributed by atoms with van der Waals surface area (Å²) in [4.78, 5) is 16.2. The van der Waals surface area contributed by atoms with E-state index < -0.39 is 0 Å². The molecular weight excluding hydrogens is 337 g/mol. The topological polar surface area (TPSA) is 68.0 Å². The summed E-state index contributed by atoms with van der Waals surface area (Å²) in [6.07, 6.45) is 0. The van der Waals surface area contributed by atoms with Crippen LogP contribution in [0.3, 0.4) is 0 Å². The number of amides is 1. The van der Waals surface area contributed by atoms with Crippen LogP contribution in [0.5, 0.6) is 0 Å². The van der Waals surface area contributed by atoms with Gasteiger partial charge >= 0.3 is 0 Å². The molecule has 23 heavy (non-hydrogen) atoms. The molecule has 116 valence electrons. The van der Waals surface area contributed by atoms with Crippen molar-refractivity contribution < 1.29 is 9.32 Å². The maximum atomic E-state index is 12.0. The predicted molar refractivity (Wildman–Crippen MR) is 87.4 cm³/mol. The molecule has 0 aliphatic rings. The zero-order valence-corrected chi connectivity index (χ0v) is 13.3. The molecule has 1 aromatic heterocycles. The zero-order valence-electron chi connectivity index (χ0n) is 11.8. The molecule has 0 fully saturated rings. The lowest BCUT2D eigenvalue weighted by Crippen LogP contribution is -2.22. The monoisotopic (exact) mass is 347 g/mol. The molecule has 0 aliphatic heterocycles. The molecule has 2 aromatic carbocycles. The second kappa shape index (κ2) is 6.81. The van der Waals surface area contributed by atoms with Gasteiger partial charge in [0.15, 0.2) is 0 Å². The van der Waals surface area contributed by atoms with Gasteiger partial charge in [0.25, 0.3) is 5.91 Å². The van der Waals surface area contributed by atoms with Gasteiger partial charge in [0.05, 0.1) is 11.6 Å². The molecule has 0 unspecified atom stereocenters. The molecule has 3 aromatic rings. The molecular formula is C16H11Cl2N3O2. The first-order valence-electron chi connectivity index (χ1n) is 6.75. The van der Waals surface area contributed by atoms with E-state index in [0.29, 0.717) is 32.9 Å². The van der Waals surface area contributed by atoms with Gasteiger partial charge in [0, 0.05) is 16.1 Å². The first-order chi connectivity index (χ1) is 11.1. The highest BCUT2D eigenvalue weighted by molar-refractivity contribution is 6.33. The minimum absolute atomic E-state index is 0.124. The van der Waals surface area contributed by atoms with Crippen LogP contribution in [0.2, 0.25) is 10.0 Å². The van der Waals surface area contributed by atoms with Crippen LogP contribution >= 0.6 is 23.2 Å². The Balaban J connectivity index is 1.67. The molecule has 1 N–H and O–H groups in total. The minimum atomic E-state index is -0.251. The van der Waals surface area contributed by atoms with Crippen molar-refractivity contribution in [2.75, 3.05) is 0 Å². The number of hydrogen-bond acceptors (Lipinski definition) is 4.